The first-order valence-electron chi connectivity index (χ1n) is 9.86. The van der Waals surface area contributed by atoms with Crippen molar-refractivity contribution in [1.29, 1.82) is 0 Å². The van der Waals surface area contributed by atoms with E-state index < -0.39 is 10.8 Å². The molecule has 1 aliphatic carbocycles. The fourth-order valence-corrected chi connectivity index (χ4v) is 4.63. The number of rotatable bonds is 8. The fraction of sp³-hybridized carbons (Fsp3) is 0.650. The molecule has 0 aliphatic heterocycles. The zero-order chi connectivity index (χ0) is 19.6. The molecule has 1 aromatic carbocycles. The van der Waals surface area contributed by atoms with Crippen LogP contribution in [0, 0.1) is 5.82 Å². The topological polar surface area (TPSA) is 62.7 Å². The van der Waals surface area contributed by atoms with E-state index in [0.29, 0.717) is 6.54 Å². The maximum Gasteiger partial charge on any atom is 0.191 e. The van der Waals surface area contributed by atoms with E-state index in [1.165, 1.54) is 6.07 Å². The zero-order valence-electron chi connectivity index (χ0n) is 16.5. The van der Waals surface area contributed by atoms with Gasteiger partial charge in [0.1, 0.15) is 6.10 Å². The van der Waals surface area contributed by atoms with Crippen LogP contribution in [-0.4, -0.2) is 46.4 Å². The number of guanidine groups is 1. The minimum atomic E-state index is -0.744. The van der Waals surface area contributed by atoms with Crippen molar-refractivity contribution >= 4 is 16.8 Å². The maximum absolute atomic E-state index is 13.7. The SMILES string of the molecule is CCNC(=NCC(C)Oc1ccccc1F)NC1CCCC(S(=O)CC)C1. The third-order valence-electron chi connectivity index (χ3n) is 4.64. The molecule has 1 aliphatic rings. The summed E-state index contributed by atoms with van der Waals surface area (Å²) < 4.78 is 31.5. The highest BCUT2D eigenvalue weighted by atomic mass is 32.2. The van der Waals surface area contributed by atoms with Crippen LogP contribution < -0.4 is 15.4 Å². The molecule has 1 aromatic rings. The van der Waals surface area contributed by atoms with Crippen LogP contribution in [0.3, 0.4) is 0 Å². The Morgan fingerprint density at radius 2 is 2.15 bits per heavy atom. The second kappa shape index (κ2) is 11.3. The van der Waals surface area contributed by atoms with Gasteiger partial charge in [-0.1, -0.05) is 25.5 Å². The van der Waals surface area contributed by atoms with E-state index in [4.69, 9.17) is 4.74 Å². The van der Waals surface area contributed by atoms with Crippen LogP contribution in [0.4, 0.5) is 4.39 Å². The molecule has 2 rings (SSSR count). The Morgan fingerprint density at radius 1 is 1.37 bits per heavy atom. The van der Waals surface area contributed by atoms with Crippen molar-refractivity contribution in [2.75, 3.05) is 18.8 Å². The molecular weight excluding hydrogens is 365 g/mol. The van der Waals surface area contributed by atoms with E-state index in [1.54, 1.807) is 18.2 Å². The summed E-state index contributed by atoms with van der Waals surface area (Å²) in [6, 6.07) is 6.67. The summed E-state index contributed by atoms with van der Waals surface area (Å²) in [4.78, 5) is 4.59. The largest absolute Gasteiger partial charge is 0.486 e. The lowest BCUT2D eigenvalue weighted by atomic mass is 9.95. The molecule has 0 amide bonds. The highest BCUT2D eigenvalue weighted by Gasteiger charge is 2.26. The summed E-state index contributed by atoms with van der Waals surface area (Å²) in [7, 11) is -0.744. The van der Waals surface area contributed by atoms with Crippen LogP contribution in [0.5, 0.6) is 5.75 Å². The lowest BCUT2D eigenvalue weighted by Gasteiger charge is -2.30. The van der Waals surface area contributed by atoms with E-state index in [0.717, 1.165) is 43.9 Å². The van der Waals surface area contributed by atoms with Crippen LogP contribution in [0.15, 0.2) is 29.3 Å². The molecule has 4 atom stereocenters. The van der Waals surface area contributed by atoms with E-state index >= 15 is 0 Å². The van der Waals surface area contributed by atoms with E-state index in [1.807, 2.05) is 20.8 Å². The molecule has 4 unspecified atom stereocenters. The quantitative estimate of drug-likeness (QED) is 0.522. The molecule has 0 bridgehead atoms. The standard InChI is InChI=1S/C20H32FN3O2S/c1-4-22-20(24-16-9-8-10-17(13-16)27(25)5-2)23-14-15(3)26-19-12-7-6-11-18(19)21/h6-7,11-12,15-17H,4-5,8-10,13-14H2,1-3H3,(H2,22,23,24). The lowest BCUT2D eigenvalue weighted by molar-refractivity contribution is 0.220. The number of hydrogen-bond acceptors (Lipinski definition) is 3. The minimum absolute atomic E-state index is 0.246. The molecule has 0 aromatic heterocycles. The van der Waals surface area contributed by atoms with Crippen LogP contribution in [0.2, 0.25) is 0 Å². The zero-order valence-corrected chi connectivity index (χ0v) is 17.4. The van der Waals surface area contributed by atoms with Crippen molar-refractivity contribution < 1.29 is 13.3 Å². The number of para-hydroxylation sites is 1. The number of nitrogens with zero attached hydrogens (tertiary/aromatic N) is 1. The summed E-state index contributed by atoms with van der Waals surface area (Å²) in [5.41, 5.74) is 0. The van der Waals surface area contributed by atoms with Crippen molar-refractivity contribution in [1.82, 2.24) is 10.6 Å². The Morgan fingerprint density at radius 3 is 2.85 bits per heavy atom. The Bertz CT molecular complexity index is 641. The van der Waals surface area contributed by atoms with Gasteiger partial charge in [0.15, 0.2) is 17.5 Å². The van der Waals surface area contributed by atoms with Gasteiger partial charge < -0.3 is 15.4 Å². The van der Waals surface area contributed by atoms with Gasteiger partial charge in [0, 0.05) is 34.4 Å². The van der Waals surface area contributed by atoms with Gasteiger partial charge in [0.05, 0.1) is 6.54 Å². The van der Waals surface area contributed by atoms with E-state index in [-0.39, 0.29) is 29.0 Å². The normalized spacial score (nSPS) is 22.7. The summed E-state index contributed by atoms with van der Waals surface area (Å²) in [5, 5.41) is 6.99. The molecule has 0 spiro atoms. The number of nitrogens with one attached hydrogen (secondary N) is 2. The monoisotopic (exact) mass is 397 g/mol. The molecular formula is C20H32FN3O2S. The molecule has 0 radical (unpaired) electrons. The predicted molar refractivity (Wildman–Crippen MR) is 110 cm³/mol. The average molecular weight is 398 g/mol. The minimum Gasteiger partial charge on any atom is -0.486 e. The van der Waals surface area contributed by atoms with Gasteiger partial charge in [-0.3, -0.25) is 4.21 Å². The Labute approximate surface area is 164 Å². The lowest BCUT2D eigenvalue weighted by Crippen LogP contribution is -2.47. The number of ether oxygens (including phenoxy) is 1. The number of halogens is 1. The molecule has 1 saturated carbocycles. The first-order valence-corrected chi connectivity index (χ1v) is 11.2. The first kappa shape index (κ1) is 21.7. The Hall–Kier alpha value is -1.63. The Kier molecular flexibility index (Phi) is 9.04. The maximum atomic E-state index is 13.7. The second-order valence-electron chi connectivity index (χ2n) is 6.88. The van der Waals surface area contributed by atoms with Gasteiger partial charge in [-0.15, -0.1) is 0 Å². The molecule has 27 heavy (non-hydrogen) atoms. The summed E-state index contributed by atoms with van der Waals surface area (Å²) in [6.45, 7) is 7.05. The van der Waals surface area contributed by atoms with E-state index in [2.05, 4.69) is 15.6 Å². The molecule has 152 valence electrons. The van der Waals surface area contributed by atoms with Crippen LogP contribution >= 0.6 is 0 Å². The van der Waals surface area contributed by atoms with Crippen molar-refractivity contribution in [2.45, 2.75) is 63.9 Å². The summed E-state index contributed by atoms with van der Waals surface area (Å²) >= 11 is 0. The van der Waals surface area contributed by atoms with Gasteiger partial charge >= 0.3 is 0 Å². The molecule has 0 saturated heterocycles. The predicted octanol–water partition coefficient (Wildman–Crippen LogP) is 3.23. The van der Waals surface area contributed by atoms with Gasteiger partial charge in [-0.25, -0.2) is 9.38 Å². The highest BCUT2D eigenvalue weighted by molar-refractivity contribution is 7.85. The highest BCUT2D eigenvalue weighted by Crippen LogP contribution is 2.23. The molecule has 0 heterocycles. The van der Waals surface area contributed by atoms with Crippen molar-refractivity contribution in [3.05, 3.63) is 30.1 Å². The van der Waals surface area contributed by atoms with Crippen molar-refractivity contribution in [2.24, 2.45) is 4.99 Å². The van der Waals surface area contributed by atoms with Gasteiger partial charge in [0.2, 0.25) is 0 Å². The molecule has 7 heteroatoms. The van der Waals surface area contributed by atoms with E-state index in [9.17, 15) is 8.60 Å². The van der Waals surface area contributed by atoms with Crippen molar-refractivity contribution in [3.63, 3.8) is 0 Å². The Balaban J connectivity index is 1.91. The van der Waals surface area contributed by atoms with Gasteiger partial charge in [-0.05, 0) is 45.2 Å². The average Bonchev–Trinajstić information content (AvgIpc) is 2.67. The summed E-state index contributed by atoms with van der Waals surface area (Å²) in [6.07, 6.45) is 3.85. The van der Waals surface area contributed by atoms with Gasteiger partial charge in [0.25, 0.3) is 0 Å². The molecule has 2 N–H and O–H groups in total. The number of hydrogen-bond donors (Lipinski definition) is 2. The fourth-order valence-electron chi connectivity index (χ4n) is 3.28. The smallest absolute Gasteiger partial charge is 0.191 e. The number of aliphatic imine (C=N–C) groups is 1. The van der Waals surface area contributed by atoms with Gasteiger partial charge in [-0.2, -0.15) is 0 Å². The molecule has 5 nitrogen and oxygen atoms in total. The molecule has 1 fully saturated rings. The second-order valence-corrected chi connectivity index (χ2v) is 8.88. The van der Waals surface area contributed by atoms with Crippen molar-refractivity contribution in [3.8, 4) is 5.75 Å². The van der Waals surface area contributed by atoms with Crippen LogP contribution in [-0.2, 0) is 10.8 Å². The summed E-state index contributed by atoms with van der Waals surface area (Å²) in [5.74, 6) is 1.33. The van der Waals surface area contributed by atoms with Crippen LogP contribution in [0.1, 0.15) is 46.5 Å². The first-order chi connectivity index (χ1) is 13.0. The van der Waals surface area contributed by atoms with Crippen LogP contribution in [0.25, 0.3) is 0 Å². The third kappa shape index (κ3) is 7.13. The third-order valence-corrected chi connectivity index (χ3v) is 6.38. The number of benzene rings is 1.